The number of methoxy groups -OCH3 is 1. The molecular weight excluding hydrogens is 1940 g/mol. The molecule has 15 aromatic rings. The van der Waals surface area contributed by atoms with Crippen LogP contribution in [-0.4, -0.2) is 30.8 Å². The number of carbonyl (C=O) groups is 2. The maximum Gasteiger partial charge on any atom is 0.329 e. The molecule has 0 aliphatic rings. The van der Waals surface area contributed by atoms with Crippen molar-refractivity contribution in [3.05, 3.63) is 368 Å². The molecule has 15 aromatic carbocycles. The van der Waals surface area contributed by atoms with E-state index in [1.807, 2.05) is 0 Å². The third-order valence-electron chi connectivity index (χ3n) is 31.2. The van der Waals surface area contributed by atoms with Crippen LogP contribution in [0.5, 0.6) is 0 Å². The molecule has 1 N–H and O–H groups in total. The molecule has 0 aliphatic carbocycles. The van der Waals surface area contributed by atoms with Gasteiger partial charge in [0.15, 0.2) is 0 Å². The Hall–Kier alpha value is -11.7. The molecule has 6 heteroatoms. The fourth-order valence-corrected chi connectivity index (χ4v) is 25.0. The van der Waals surface area contributed by atoms with Crippen LogP contribution in [-0.2, 0) is 9.53 Å². The Kier molecular flexibility index (Phi) is 35.5. The first-order valence-electron chi connectivity index (χ1n) is 55.6. The van der Waals surface area contributed by atoms with E-state index in [2.05, 4.69) is 521 Å². The first kappa shape index (κ1) is 111. The van der Waals surface area contributed by atoms with Gasteiger partial charge >= 0.3 is 5.97 Å². The predicted molar refractivity (Wildman–Crippen MR) is 658 cm³/mol. The van der Waals surface area contributed by atoms with Crippen LogP contribution in [0.4, 0.5) is 0 Å². The summed E-state index contributed by atoms with van der Waals surface area (Å²) in [6, 6.07) is 106. The van der Waals surface area contributed by atoms with E-state index in [1.165, 1.54) is 161 Å². The van der Waals surface area contributed by atoms with Crippen LogP contribution in [0.1, 0.15) is 416 Å². The van der Waals surface area contributed by atoms with E-state index in [4.69, 9.17) is 4.74 Å². The summed E-state index contributed by atoms with van der Waals surface area (Å²) in [6.07, 6.45) is 0. The van der Waals surface area contributed by atoms with Crippen LogP contribution in [0.3, 0.4) is 0 Å². The molecule has 0 spiro atoms. The normalized spacial score (nSPS) is 12.3. The van der Waals surface area contributed by atoms with Gasteiger partial charge in [0.2, 0.25) is 0 Å². The van der Waals surface area contributed by atoms with E-state index < -0.39 is 17.9 Å². The molecule has 0 unspecified atom stereocenters. The lowest BCUT2D eigenvalue weighted by molar-refractivity contribution is -0.142. The minimum Gasteiger partial charge on any atom is -0.467 e. The number of benzene rings is 15. The lowest BCUT2D eigenvalue weighted by Gasteiger charge is -2.26. The van der Waals surface area contributed by atoms with Crippen molar-refractivity contribution in [3.63, 3.8) is 0 Å². The first-order valence-corrected chi connectivity index (χ1v) is 59.2. The summed E-state index contributed by atoms with van der Waals surface area (Å²) in [5.74, 6) is 2.54. The largest absolute Gasteiger partial charge is 0.467 e. The Balaban J connectivity index is 1.18. The lowest BCUT2D eigenvalue weighted by Crippen LogP contribution is -2.43. The van der Waals surface area contributed by atoms with Gasteiger partial charge in [0, 0.05) is 5.75 Å². The van der Waals surface area contributed by atoms with E-state index >= 15 is 4.79 Å². The molecule has 149 heavy (non-hydrogen) atoms. The molecule has 0 aromatic heterocycles. The molecule has 15 rings (SSSR count). The van der Waals surface area contributed by atoms with Crippen LogP contribution in [0.2, 0.25) is 0 Å². The molecule has 1 amide bonds. The van der Waals surface area contributed by atoms with Crippen molar-refractivity contribution in [2.45, 2.75) is 322 Å². The van der Waals surface area contributed by atoms with Crippen LogP contribution in [0.15, 0.2) is 273 Å². The quantitative estimate of drug-likeness (QED) is 0.0318. The van der Waals surface area contributed by atoms with E-state index in [-0.39, 0.29) is 100 Å². The third-order valence-corrected chi connectivity index (χ3v) is 32.8. The Morgan fingerprint density at radius 1 is 0.208 bits per heavy atom. The number of hydrogen-bond donors (Lipinski definition) is 1. The Morgan fingerprint density at radius 3 is 0.584 bits per heavy atom. The second kappa shape index (κ2) is 47.5. The van der Waals surface area contributed by atoms with Gasteiger partial charge in [-0.15, -0.1) is 0 Å². The van der Waals surface area contributed by atoms with Gasteiger partial charge in [-0.1, -0.05) is 419 Å². The van der Waals surface area contributed by atoms with Gasteiger partial charge in [-0.05, 0) is 446 Å². The summed E-state index contributed by atoms with van der Waals surface area (Å²) < 4.78 is 5.78. The SMILES string of the molecule is COC(=O)[C@H](CSI)NC(=O)c1c(-c2cc(-c3cc(-c4c(C(C)C)cccc4C(C)C)cc(-c4c(C(C)C)cccc4C(C)C)c3)cc(-c3ccc(-c4c(C(C)C)cccc4C(C)C)cc3-c3c(C(C)C)cccc3C(C)C)c2)cccc1-c1cc(-c2cc(-c3c(C(C)C)cccc3C(C)C)cc(-c3c(C(C)C)cccc3C(C)C)c2)cc(-c2ccc(-c3c(C(C)C)cccc3C(C)C)cc2-c2c(C(C)C)cccc2C(C)C)c1. The van der Waals surface area contributed by atoms with Gasteiger partial charge in [0.25, 0.3) is 5.91 Å². The zero-order valence-corrected chi connectivity index (χ0v) is 98.5. The molecule has 4 nitrogen and oxygen atoms in total. The molecule has 0 bridgehead atoms. The Morgan fingerprint density at radius 2 is 0.383 bits per heavy atom. The average Bonchev–Trinajstić information content (AvgIpc) is 0.713. The topological polar surface area (TPSA) is 55.4 Å². The lowest BCUT2D eigenvalue weighted by atomic mass is 9.78. The van der Waals surface area contributed by atoms with Crippen LogP contribution < -0.4 is 5.32 Å². The first-order chi connectivity index (χ1) is 70.9. The molecule has 772 valence electrons. The summed E-state index contributed by atoms with van der Waals surface area (Å²) >= 11 is 2.26. The predicted octanol–water partition coefficient (Wildman–Crippen LogP) is 43.4. The highest BCUT2D eigenvalue weighted by Gasteiger charge is 2.34. The molecule has 0 fully saturated rings. The zero-order chi connectivity index (χ0) is 108. The van der Waals surface area contributed by atoms with Crippen molar-refractivity contribution in [3.8, 4) is 156 Å². The maximum atomic E-state index is 17.9. The molecule has 1 atom stereocenters. The molecule has 0 saturated heterocycles. The third kappa shape index (κ3) is 23.2. The standard InChI is InChI=1S/C143H164INO3S/c1-80(2)110-43-34-44-111(81(3)4)133(110)96-61-63-126(130(77-96)139-122(92(25)26)55-40-56-123(139)93(27)28)102-65-98(100-69-106(135-114(84(9)10)47-36-48-115(135)85(11)12)75-107(70-100)136-116(86(13)14)49-37-50-117(136)87(15)16)67-104(73-102)128-59-42-60-129(141(128)142(146)145-132(79-149-144)143(147)148-33)105-68-99(101-71-108(137-118(88(17)18)51-38-52-119(137)89(19)20)76-109(72-101)138-120(90(21)22)53-39-54-121(138)91(23)24)66-103(74-105)127-64-62-97(134-112(82(5)6)45-35-46-113(134)83(7)8)78-131(127)140-124(94(29)30)57-41-58-125(140)95(31)32/h34-78,80-95,132H,79H2,1-33H3,(H,145,146)/t132-/m0/s1. The van der Waals surface area contributed by atoms with Crippen molar-refractivity contribution in [2.75, 3.05) is 12.9 Å². The number of rotatable bonds is 35. The van der Waals surface area contributed by atoms with Crippen molar-refractivity contribution in [1.29, 1.82) is 0 Å². The van der Waals surface area contributed by atoms with Crippen molar-refractivity contribution in [2.24, 2.45) is 0 Å². The number of nitrogens with one attached hydrogen (secondary N) is 1. The summed E-state index contributed by atoms with van der Waals surface area (Å²) in [7, 11) is 2.91. The molecule has 0 aliphatic heterocycles. The van der Waals surface area contributed by atoms with Crippen LogP contribution in [0.25, 0.3) is 156 Å². The van der Waals surface area contributed by atoms with Gasteiger partial charge in [-0.2, -0.15) is 0 Å². The second-order valence-corrected chi connectivity index (χ2v) is 49.7. The Labute approximate surface area is 912 Å². The van der Waals surface area contributed by atoms with Gasteiger partial charge in [-0.25, -0.2) is 4.79 Å². The summed E-state index contributed by atoms with van der Waals surface area (Å²) in [5, 5.41) is 3.49. The van der Waals surface area contributed by atoms with Crippen LogP contribution >= 0.6 is 30.1 Å². The van der Waals surface area contributed by atoms with Gasteiger partial charge in [0.1, 0.15) is 6.04 Å². The van der Waals surface area contributed by atoms with E-state index in [0.29, 0.717) is 16.7 Å². The summed E-state index contributed by atoms with van der Waals surface area (Å²) in [5.41, 5.74) is 52.0. The zero-order valence-electron chi connectivity index (χ0n) is 95.5. The monoisotopic (exact) mass is 2100 g/mol. The van der Waals surface area contributed by atoms with Gasteiger partial charge < -0.3 is 10.1 Å². The van der Waals surface area contributed by atoms with Gasteiger partial charge in [0.05, 0.1) is 12.7 Å². The number of hydrogen-bond acceptors (Lipinski definition) is 4. The van der Waals surface area contributed by atoms with E-state index in [0.717, 1.165) is 89.0 Å². The van der Waals surface area contributed by atoms with Gasteiger partial charge in [-0.3, -0.25) is 4.79 Å². The minimum absolute atomic E-state index is 0.155. The highest BCUT2D eigenvalue weighted by Crippen LogP contribution is 2.55. The summed E-state index contributed by atoms with van der Waals surface area (Å²) in [4.78, 5) is 32.8. The highest BCUT2D eigenvalue weighted by atomic mass is 127. The van der Waals surface area contributed by atoms with Crippen molar-refractivity contribution >= 4 is 42.0 Å². The smallest absolute Gasteiger partial charge is 0.329 e. The number of esters is 1. The maximum absolute atomic E-state index is 17.9. The number of amides is 1. The second-order valence-electron chi connectivity index (χ2n) is 47.2. The highest BCUT2D eigenvalue weighted by molar-refractivity contribution is 14.2. The number of halogens is 1. The molecule has 0 heterocycles. The van der Waals surface area contributed by atoms with E-state index in [9.17, 15) is 4.79 Å². The number of ether oxygens (including phenoxy) is 1. The van der Waals surface area contributed by atoms with Crippen molar-refractivity contribution in [1.82, 2.24) is 5.32 Å². The average molecular weight is 2100 g/mol. The fourth-order valence-electron chi connectivity index (χ4n) is 23.6. The molecular formula is C143H164INO3S. The fraction of sp³-hybridized carbons (Fsp3) is 0.357. The Bertz CT molecular complexity index is 6640. The molecule has 0 radical (unpaired) electrons. The minimum atomic E-state index is -1.03. The summed E-state index contributed by atoms with van der Waals surface area (Å²) in [6.45, 7) is 75.0. The molecule has 0 saturated carbocycles. The number of carbonyl (C=O) groups excluding carboxylic acids is 2. The van der Waals surface area contributed by atoms with Crippen molar-refractivity contribution < 1.29 is 14.3 Å². The van der Waals surface area contributed by atoms with Crippen LogP contribution in [0, 0.1) is 0 Å². The van der Waals surface area contributed by atoms with E-state index in [1.54, 1.807) is 0 Å².